The fourth-order valence-corrected chi connectivity index (χ4v) is 2.60. The Balaban J connectivity index is 0.00000103. The molecule has 0 aliphatic carbocycles. The van der Waals surface area contributed by atoms with Crippen LogP contribution in [0.1, 0.15) is 25.8 Å². The van der Waals surface area contributed by atoms with Crippen LogP contribution in [0.25, 0.3) is 0 Å². The van der Waals surface area contributed by atoms with Gasteiger partial charge in [0, 0.05) is 29.9 Å². The van der Waals surface area contributed by atoms with Gasteiger partial charge in [0.05, 0.1) is 13.7 Å². The topological polar surface area (TPSA) is 106 Å². The monoisotopic (exact) mass is 441 g/mol. The van der Waals surface area contributed by atoms with Gasteiger partial charge in [0.2, 0.25) is 0 Å². The normalized spacial score (nSPS) is 12.3. The predicted octanol–water partition coefficient (Wildman–Crippen LogP) is 2.96. The smallest absolute Gasteiger partial charge is 0.164 e. The van der Waals surface area contributed by atoms with Crippen molar-refractivity contribution in [2.75, 3.05) is 26.9 Å². The molecule has 0 radical (unpaired) electrons. The standard InChI is InChI=1S/C21H28FNO3.H3NO2S/c1-4-12-25-19-8-5-17(6-9-19)14-16(2)23-11-13-26-21-15-18(22)7-10-20(21)24-3;1-4(2)3/h5-10,15-16,23H,4,11-14H2,1-3H3;1H2,(H,2,3)/p-1. The first kappa shape index (κ1) is 25.8. The molecule has 0 aromatic heterocycles. The van der Waals surface area contributed by atoms with Gasteiger partial charge in [-0.3, -0.25) is 9.35 Å². The van der Waals surface area contributed by atoms with Gasteiger partial charge in [0.25, 0.3) is 0 Å². The van der Waals surface area contributed by atoms with Crippen LogP contribution in [0, 0.1) is 5.82 Å². The molecule has 7 nitrogen and oxygen atoms in total. The highest BCUT2D eigenvalue weighted by Crippen LogP contribution is 2.27. The van der Waals surface area contributed by atoms with Gasteiger partial charge >= 0.3 is 0 Å². The predicted molar refractivity (Wildman–Crippen MR) is 115 cm³/mol. The van der Waals surface area contributed by atoms with E-state index in [-0.39, 0.29) is 5.82 Å². The summed E-state index contributed by atoms with van der Waals surface area (Å²) in [5, 5.41) is 7.44. The minimum Gasteiger partial charge on any atom is -0.760 e. The third-order valence-corrected chi connectivity index (χ3v) is 3.92. The molecule has 2 aromatic carbocycles. The van der Waals surface area contributed by atoms with Crippen LogP contribution in [0.4, 0.5) is 4.39 Å². The van der Waals surface area contributed by atoms with Gasteiger partial charge in [-0.25, -0.2) is 4.39 Å². The van der Waals surface area contributed by atoms with E-state index >= 15 is 0 Å². The van der Waals surface area contributed by atoms with E-state index in [1.807, 2.05) is 12.1 Å². The Morgan fingerprint density at radius 1 is 1.13 bits per heavy atom. The van der Waals surface area contributed by atoms with Gasteiger partial charge < -0.3 is 24.1 Å². The Hall–Kier alpha value is -2.20. The number of hydrogen-bond acceptors (Lipinski definition) is 6. The first-order chi connectivity index (χ1) is 14.3. The summed E-state index contributed by atoms with van der Waals surface area (Å²) in [5.41, 5.74) is 1.25. The molecule has 0 spiro atoms. The molecule has 3 N–H and O–H groups in total. The first-order valence-corrected chi connectivity index (χ1v) is 10.7. The van der Waals surface area contributed by atoms with Gasteiger partial charge in [-0.2, -0.15) is 0 Å². The van der Waals surface area contributed by atoms with Crippen molar-refractivity contribution in [1.82, 2.24) is 5.32 Å². The van der Waals surface area contributed by atoms with Gasteiger partial charge in [-0.1, -0.05) is 19.1 Å². The molecular weight excluding hydrogens is 411 g/mol. The number of ether oxygens (including phenoxy) is 3. The molecule has 2 unspecified atom stereocenters. The molecule has 0 fully saturated rings. The van der Waals surface area contributed by atoms with E-state index in [1.54, 1.807) is 13.2 Å². The van der Waals surface area contributed by atoms with Gasteiger partial charge in [0.1, 0.15) is 18.2 Å². The average molecular weight is 442 g/mol. The maximum absolute atomic E-state index is 13.3. The fourth-order valence-electron chi connectivity index (χ4n) is 2.60. The molecule has 0 saturated heterocycles. The van der Waals surface area contributed by atoms with Gasteiger partial charge in [-0.05, 0) is 49.6 Å². The first-order valence-electron chi connectivity index (χ1n) is 9.60. The largest absolute Gasteiger partial charge is 0.760 e. The van der Waals surface area contributed by atoms with Crippen LogP contribution in [-0.2, 0) is 17.7 Å². The molecule has 0 aliphatic rings. The number of nitrogens with two attached hydrogens (primary N) is 1. The molecule has 0 aliphatic heterocycles. The lowest BCUT2D eigenvalue weighted by atomic mass is 10.1. The van der Waals surface area contributed by atoms with Crippen molar-refractivity contribution in [3.05, 3.63) is 53.8 Å². The van der Waals surface area contributed by atoms with E-state index in [0.717, 1.165) is 25.2 Å². The summed E-state index contributed by atoms with van der Waals surface area (Å²) in [4.78, 5) is 0. The quantitative estimate of drug-likeness (QED) is 0.410. The highest BCUT2D eigenvalue weighted by Gasteiger charge is 2.07. The average Bonchev–Trinajstić information content (AvgIpc) is 2.70. The molecule has 30 heavy (non-hydrogen) atoms. The number of hydrogen-bond donors (Lipinski definition) is 2. The molecule has 2 aromatic rings. The Morgan fingerprint density at radius 2 is 1.80 bits per heavy atom. The van der Waals surface area contributed by atoms with Gasteiger partial charge in [0.15, 0.2) is 11.5 Å². The lowest BCUT2D eigenvalue weighted by molar-refractivity contribution is 0.285. The minimum absolute atomic E-state index is 0.301. The maximum atomic E-state index is 13.3. The molecule has 9 heteroatoms. The summed E-state index contributed by atoms with van der Waals surface area (Å²) in [5.74, 6) is 1.52. The fraction of sp³-hybridized carbons (Fsp3) is 0.429. The molecule has 2 atom stereocenters. The Labute approximate surface area is 180 Å². The van der Waals surface area contributed by atoms with Crippen LogP contribution < -0.4 is 24.7 Å². The summed E-state index contributed by atoms with van der Waals surface area (Å²) in [6, 6.07) is 12.8. The minimum atomic E-state index is -2.36. The van der Waals surface area contributed by atoms with Crippen LogP contribution in [0.3, 0.4) is 0 Å². The Bertz CT molecular complexity index is 758. The SMILES string of the molecule is CCCOc1ccc(CC(C)NCCOc2cc(F)ccc2OC)cc1.NS(=O)[O-]. The molecule has 2 rings (SSSR count). The van der Waals surface area contributed by atoms with Crippen molar-refractivity contribution in [2.45, 2.75) is 32.7 Å². The molecular formula is C21H30FN2O5S-. The van der Waals surface area contributed by atoms with Crippen molar-refractivity contribution >= 4 is 11.3 Å². The molecule has 0 heterocycles. The number of rotatable bonds is 11. The maximum Gasteiger partial charge on any atom is 0.164 e. The van der Waals surface area contributed by atoms with E-state index in [9.17, 15) is 4.39 Å². The van der Waals surface area contributed by atoms with Crippen LogP contribution in [0.15, 0.2) is 42.5 Å². The van der Waals surface area contributed by atoms with Crippen molar-refractivity contribution < 1.29 is 27.4 Å². The Kier molecular flexibility index (Phi) is 12.7. The second kappa shape index (κ2) is 14.7. The number of methoxy groups -OCH3 is 1. The van der Waals surface area contributed by atoms with Crippen molar-refractivity contribution in [1.29, 1.82) is 0 Å². The van der Waals surface area contributed by atoms with Crippen LogP contribution >= 0.6 is 0 Å². The zero-order valence-corrected chi connectivity index (χ0v) is 18.4. The third-order valence-electron chi connectivity index (χ3n) is 3.92. The Morgan fingerprint density at radius 3 is 2.40 bits per heavy atom. The summed E-state index contributed by atoms with van der Waals surface area (Å²) in [6.45, 7) is 6.07. The van der Waals surface area contributed by atoms with Crippen LogP contribution in [-0.4, -0.2) is 41.7 Å². The molecule has 0 saturated carbocycles. The summed E-state index contributed by atoms with van der Waals surface area (Å²) >= 11 is -2.36. The second-order valence-corrected chi connectivity index (χ2v) is 6.98. The summed E-state index contributed by atoms with van der Waals surface area (Å²) in [6.07, 6.45) is 1.92. The van der Waals surface area contributed by atoms with E-state index in [4.69, 9.17) is 23.0 Å². The summed E-state index contributed by atoms with van der Waals surface area (Å²) < 4.78 is 47.2. The van der Waals surface area contributed by atoms with Crippen LogP contribution in [0.5, 0.6) is 17.2 Å². The molecule has 0 bridgehead atoms. The molecule has 168 valence electrons. The number of halogens is 1. The third kappa shape index (κ3) is 11.1. The van der Waals surface area contributed by atoms with Crippen molar-refractivity contribution in [3.8, 4) is 17.2 Å². The number of benzene rings is 2. The highest BCUT2D eigenvalue weighted by atomic mass is 32.2. The van der Waals surface area contributed by atoms with Crippen molar-refractivity contribution in [2.24, 2.45) is 5.14 Å². The van der Waals surface area contributed by atoms with E-state index in [2.05, 4.69) is 36.4 Å². The lowest BCUT2D eigenvalue weighted by Crippen LogP contribution is -2.31. The lowest BCUT2D eigenvalue weighted by Gasteiger charge is -2.15. The van der Waals surface area contributed by atoms with E-state index < -0.39 is 11.3 Å². The molecule has 0 amide bonds. The van der Waals surface area contributed by atoms with Gasteiger partial charge in [-0.15, -0.1) is 0 Å². The number of nitrogens with one attached hydrogen (secondary N) is 1. The summed E-state index contributed by atoms with van der Waals surface area (Å²) in [7, 11) is 1.54. The van der Waals surface area contributed by atoms with Crippen molar-refractivity contribution in [3.63, 3.8) is 0 Å². The van der Waals surface area contributed by atoms with Crippen LogP contribution in [0.2, 0.25) is 0 Å². The highest BCUT2D eigenvalue weighted by molar-refractivity contribution is 7.76. The van der Waals surface area contributed by atoms with E-state index in [0.29, 0.717) is 30.7 Å². The zero-order valence-electron chi connectivity index (χ0n) is 17.6. The zero-order chi connectivity index (χ0) is 22.4. The second-order valence-electron chi connectivity index (χ2n) is 6.46. The van der Waals surface area contributed by atoms with E-state index in [1.165, 1.54) is 17.7 Å².